The highest BCUT2D eigenvalue weighted by Crippen LogP contribution is 2.30. The summed E-state index contributed by atoms with van der Waals surface area (Å²) in [5, 5.41) is 6.88. The lowest BCUT2D eigenvalue weighted by Crippen LogP contribution is -2.15. The number of amides is 2. The van der Waals surface area contributed by atoms with Gasteiger partial charge in [0.1, 0.15) is 5.75 Å². The molecule has 0 spiro atoms. The number of hydrogen-bond acceptors (Lipinski definition) is 6. The van der Waals surface area contributed by atoms with Crippen LogP contribution in [0.4, 0.5) is 24.5 Å². The van der Waals surface area contributed by atoms with E-state index in [4.69, 9.17) is 4.74 Å². The summed E-state index contributed by atoms with van der Waals surface area (Å²) in [6.07, 6.45) is -4.58. The van der Waals surface area contributed by atoms with Crippen LogP contribution in [0.5, 0.6) is 5.75 Å². The van der Waals surface area contributed by atoms with Gasteiger partial charge in [-0.3, -0.25) is 9.59 Å². The van der Waals surface area contributed by atoms with Gasteiger partial charge in [0.25, 0.3) is 0 Å². The van der Waals surface area contributed by atoms with E-state index in [9.17, 15) is 22.8 Å². The minimum absolute atomic E-state index is 0.0601. The molecule has 0 radical (unpaired) electrons. The highest BCUT2D eigenvalue weighted by Gasteiger charge is 2.30. The molecule has 168 valence electrons. The Morgan fingerprint density at radius 1 is 1.06 bits per heavy atom. The molecule has 0 saturated heterocycles. The van der Waals surface area contributed by atoms with E-state index < -0.39 is 17.6 Å². The molecular weight excluding hydrogens is 463 g/mol. The monoisotopic (exact) mass is 481 g/mol. The quantitative estimate of drug-likeness (QED) is 0.439. The summed E-state index contributed by atoms with van der Waals surface area (Å²) in [4.78, 5) is 28.5. The Balaban J connectivity index is 1.48. The standard InChI is InChI=1S/C21H18F3N3O3S2/c1-30-17-7-5-14(6-8-17)25-19(29)12-32-20-27-16(11-31-20)10-18(28)26-15-4-2-3-13(9-15)21(22,23)24/h2-9,11H,10,12H2,1H3,(H,25,29)(H,26,28). The van der Waals surface area contributed by atoms with Gasteiger partial charge in [-0.05, 0) is 42.5 Å². The SMILES string of the molecule is COc1ccc(NC(=O)CSc2nc(CC(=O)Nc3cccc(C(F)(F)F)c3)cs2)cc1. The number of hydrogen-bond donors (Lipinski definition) is 2. The van der Waals surface area contributed by atoms with Crippen molar-refractivity contribution in [1.82, 2.24) is 4.98 Å². The number of nitrogens with one attached hydrogen (secondary N) is 2. The fourth-order valence-electron chi connectivity index (χ4n) is 2.58. The Morgan fingerprint density at radius 3 is 2.47 bits per heavy atom. The predicted molar refractivity (Wildman–Crippen MR) is 118 cm³/mol. The highest BCUT2D eigenvalue weighted by atomic mass is 32.2. The van der Waals surface area contributed by atoms with E-state index in [0.717, 1.165) is 12.1 Å². The molecular formula is C21H18F3N3O3S2. The lowest BCUT2D eigenvalue weighted by molar-refractivity contribution is -0.137. The number of methoxy groups -OCH3 is 1. The molecule has 1 aromatic heterocycles. The Labute approximate surface area is 190 Å². The van der Waals surface area contributed by atoms with Gasteiger partial charge in [-0.2, -0.15) is 13.2 Å². The summed E-state index contributed by atoms with van der Waals surface area (Å²) in [6, 6.07) is 11.4. The molecule has 11 heteroatoms. The van der Waals surface area contributed by atoms with Crippen molar-refractivity contribution < 1.29 is 27.5 Å². The number of rotatable bonds is 8. The fourth-order valence-corrected chi connectivity index (χ4v) is 4.22. The summed E-state index contributed by atoms with van der Waals surface area (Å²) >= 11 is 2.51. The van der Waals surface area contributed by atoms with Gasteiger partial charge in [0.05, 0.1) is 30.5 Å². The highest BCUT2D eigenvalue weighted by molar-refractivity contribution is 8.01. The van der Waals surface area contributed by atoms with Crippen LogP contribution in [0.3, 0.4) is 0 Å². The lowest BCUT2D eigenvalue weighted by Gasteiger charge is -2.09. The smallest absolute Gasteiger partial charge is 0.416 e. The Morgan fingerprint density at radius 2 is 1.78 bits per heavy atom. The van der Waals surface area contributed by atoms with Crippen LogP contribution in [-0.2, 0) is 22.2 Å². The van der Waals surface area contributed by atoms with Crippen molar-refractivity contribution in [3.05, 3.63) is 65.2 Å². The molecule has 0 aliphatic carbocycles. The molecule has 0 aliphatic rings. The van der Waals surface area contributed by atoms with E-state index in [1.54, 1.807) is 36.8 Å². The molecule has 6 nitrogen and oxygen atoms in total. The van der Waals surface area contributed by atoms with Crippen LogP contribution in [0, 0.1) is 0 Å². The normalized spacial score (nSPS) is 11.1. The molecule has 3 aromatic rings. The van der Waals surface area contributed by atoms with Gasteiger partial charge in [-0.1, -0.05) is 17.8 Å². The number of alkyl halides is 3. The van der Waals surface area contributed by atoms with E-state index in [2.05, 4.69) is 15.6 Å². The van der Waals surface area contributed by atoms with Crippen molar-refractivity contribution in [2.45, 2.75) is 16.9 Å². The lowest BCUT2D eigenvalue weighted by atomic mass is 10.2. The van der Waals surface area contributed by atoms with Crippen LogP contribution in [-0.4, -0.2) is 29.7 Å². The van der Waals surface area contributed by atoms with Gasteiger partial charge in [-0.15, -0.1) is 11.3 Å². The van der Waals surface area contributed by atoms with Gasteiger partial charge in [0, 0.05) is 16.8 Å². The number of thioether (sulfide) groups is 1. The van der Waals surface area contributed by atoms with Crippen LogP contribution < -0.4 is 15.4 Å². The van der Waals surface area contributed by atoms with Crippen LogP contribution in [0.25, 0.3) is 0 Å². The minimum atomic E-state index is -4.48. The number of ether oxygens (including phenoxy) is 1. The summed E-state index contributed by atoms with van der Waals surface area (Å²) in [7, 11) is 1.56. The van der Waals surface area contributed by atoms with E-state index >= 15 is 0 Å². The predicted octanol–water partition coefficient (Wildman–Crippen LogP) is 5.08. The van der Waals surface area contributed by atoms with Crippen molar-refractivity contribution in [3.63, 3.8) is 0 Å². The zero-order valence-electron chi connectivity index (χ0n) is 16.7. The molecule has 0 fully saturated rings. The molecule has 0 unspecified atom stereocenters. The van der Waals surface area contributed by atoms with Gasteiger partial charge >= 0.3 is 6.18 Å². The molecule has 2 N–H and O–H groups in total. The van der Waals surface area contributed by atoms with Gasteiger partial charge in [-0.25, -0.2) is 4.98 Å². The van der Waals surface area contributed by atoms with E-state index in [0.29, 0.717) is 21.5 Å². The van der Waals surface area contributed by atoms with Crippen molar-refractivity contribution in [1.29, 1.82) is 0 Å². The largest absolute Gasteiger partial charge is 0.497 e. The summed E-state index contributed by atoms with van der Waals surface area (Å²) in [5.41, 5.74) is 0.334. The minimum Gasteiger partial charge on any atom is -0.497 e. The number of halogens is 3. The Kier molecular flexibility index (Phi) is 7.75. The van der Waals surface area contributed by atoms with Crippen molar-refractivity contribution in [2.24, 2.45) is 0 Å². The maximum Gasteiger partial charge on any atom is 0.416 e. The molecule has 0 saturated carbocycles. The van der Waals surface area contributed by atoms with Crippen molar-refractivity contribution in [3.8, 4) is 5.75 Å². The Bertz CT molecular complexity index is 1090. The van der Waals surface area contributed by atoms with Crippen molar-refractivity contribution in [2.75, 3.05) is 23.5 Å². The molecule has 0 bridgehead atoms. The number of carbonyl (C=O) groups excluding carboxylic acids is 2. The molecule has 0 atom stereocenters. The first kappa shape index (κ1) is 23.6. The topological polar surface area (TPSA) is 80.3 Å². The zero-order chi connectivity index (χ0) is 23.1. The average molecular weight is 482 g/mol. The first-order chi connectivity index (χ1) is 15.2. The Hall–Kier alpha value is -3.05. The number of aromatic nitrogens is 1. The average Bonchev–Trinajstić information content (AvgIpc) is 3.19. The van der Waals surface area contributed by atoms with E-state index in [1.807, 2.05) is 0 Å². The van der Waals surface area contributed by atoms with Gasteiger partial charge in [0.15, 0.2) is 4.34 Å². The third-order valence-electron chi connectivity index (χ3n) is 4.05. The maximum atomic E-state index is 12.8. The second kappa shape index (κ2) is 10.5. The van der Waals surface area contributed by atoms with Crippen LogP contribution >= 0.6 is 23.1 Å². The summed E-state index contributed by atoms with van der Waals surface area (Å²) in [5.74, 6) is 0.127. The van der Waals surface area contributed by atoms with Crippen LogP contribution in [0.15, 0.2) is 58.3 Å². The van der Waals surface area contributed by atoms with E-state index in [1.165, 1.54) is 35.2 Å². The molecule has 0 aliphatic heterocycles. The molecule has 2 amide bonds. The number of thiazole rings is 1. The van der Waals surface area contributed by atoms with E-state index in [-0.39, 0.29) is 23.8 Å². The van der Waals surface area contributed by atoms with Gasteiger partial charge < -0.3 is 15.4 Å². The number of nitrogens with zero attached hydrogens (tertiary/aromatic N) is 1. The summed E-state index contributed by atoms with van der Waals surface area (Å²) in [6.45, 7) is 0. The zero-order valence-corrected chi connectivity index (χ0v) is 18.4. The van der Waals surface area contributed by atoms with Crippen LogP contribution in [0.1, 0.15) is 11.3 Å². The first-order valence-electron chi connectivity index (χ1n) is 9.21. The maximum absolute atomic E-state index is 12.8. The molecule has 1 heterocycles. The summed E-state index contributed by atoms with van der Waals surface area (Å²) < 4.78 is 44.0. The molecule has 32 heavy (non-hydrogen) atoms. The number of anilines is 2. The third kappa shape index (κ3) is 6.99. The van der Waals surface area contributed by atoms with Crippen LogP contribution in [0.2, 0.25) is 0 Å². The van der Waals surface area contributed by atoms with Crippen molar-refractivity contribution >= 4 is 46.3 Å². The first-order valence-corrected chi connectivity index (χ1v) is 11.1. The molecule has 2 aromatic carbocycles. The third-order valence-corrected chi connectivity index (χ3v) is 6.12. The van der Waals surface area contributed by atoms with Gasteiger partial charge in [0.2, 0.25) is 11.8 Å². The second-order valence-corrected chi connectivity index (χ2v) is 8.55. The second-order valence-electron chi connectivity index (χ2n) is 6.47. The fraction of sp³-hybridized carbons (Fsp3) is 0.190. The number of benzene rings is 2. The molecule has 3 rings (SSSR count). The number of carbonyl (C=O) groups is 2.